The Hall–Kier alpha value is -1.45. The summed E-state index contributed by atoms with van der Waals surface area (Å²) < 4.78 is 0. The zero-order valence-electron chi connectivity index (χ0n) is 12.7. The maximum absolute atomic E-state index is 4.67. The van der Waals surface area contributed by atoms with Gasteiger partial charge in [-0.2, -0.15) is 0 Å². The average molecular weight is 281 g/mol. The van der Waals surface area contributed by atoms with E-state index in [0.717, 1.165) is 49.3 Å². The number of para-hydroxylation sites is 1. The molecule has 3 heteroatoms. The van der Waals surface area contributed by atoms with Crippen LogP contribution in [0.1, 0.15) is 24.1 Å². The highest BCUT2D eigenvalue weighted by Crippen LogP contribution is 2.36. The van der Waals surface area contributed by atoms with Crippen LogP contribution >= 0.6 is 0 Å². The standard InChI is InChI=1S/C18H23N3/c1-13-10-15(16-4-2-3-5-17(16)20-13)12-21-9-8-19-11-18(21)14-6-7-14/h2-5,10,14,18-19H,6-9,11-12H2,1H3. The number of rotatable bonds is 3. The molecule has 0 bridgehead atoms. The molecular formula is C18H23N3. The van der Waals surface area contributed by atoms with Gasteiger partial charge in [-0.05, 0) is 43.4 Å². The van der Waals surface area contributed by atoms with Gasteiger partial charge in [-0.3, -0.25) is 9.88 Å². The zero-order valence-corrected chi connectivity index (χ0v) is 12.7. The molecule has 1 aromatic carbocycles. The highest BCUT2D eigenvalue weighted by molar-refractivity contribution is 5.82. The quantitative estimate of drug-likeness (QED) is 0.937. The van der Waals surface area contributed by atoms with Gasteiger partial charge in [0.25, 0.3) is 0 Å². The Balaban J connectivity index is 1.66. The van der Waals surface area contributed by atoms with Gasteiger partial charge < -0.3 is 5.32 Å². The lowest BCUT2D eigenvalue weighted by Crippen LogP contribution is -2.51. The number of pyridine rings is 1. The van der Waals surface area contributed by atoms with E-state index in [0.29, 0.717) is 0 Å². The van der Waals surface area contributed by atoms with E-state index in [1.54, 1.807) is 0 Å². The monoisotopic (exact) mass is 281 g/mol. The van der Waals surface area contributed by atoms with Crippen LogP contribution in [0.3, 0.4) is 0 Å². The van der Waals surface area contributed by atoms with E-state index in [4.69, 9.17) is 0 Å². The number of nitrogens with one attached hydrogen (secondary N) is 1. The van der Waals surface area contributed by atoms with E-state index in [9.17, 15) is 0 Å². The van der Waals surface area contributed by atoms with Crippen LogP contribution in [0.2, 0.25) is 0 Å². The molecule has 1 unspecified atom stereocenters. The van der Waals surface area contributed by atoms with Crippen molar-refractivity contribution in [3.05, 3.63) is 41.6 Å². The van der Waals surface area contributed by atoms with E-state index in [2.05, 4.69) is 52.5 Å². The molecule has 2 fully saturated rings. The van der Waals surface area contributed by atoms with Crippen LogP contribution in [0.15, 0.2) is 30.3 Å². The molecule has 1 saturated carbocycles. The summed E-state index contributed by atoms with van der Waals surface area (Å²) in [5, 5.41) is 4.88. The number of hydrogen-bond donors (Lipinski definition) is 1. The molecule has 1 saturated heterocycles. The first-order valence-electron chi connectivity index (χ1n) is 8.11. The van der Waals surface area contributed by atoms with Gasteiger partial charge in [0.2, 0.25) is 0 Å². The van der Waals surface area contributed by atoms with E-state index < -0.39 is 0 Å². The number of aromatic nitrogens is 1. The van der Waals surface area contributed by atoms with Gasteiger partial charge in [0.15, 0.2) is 0 Å². The summed E-state index contributed by atoms with van der Waals surface area (Å²) in [5.41, 5.74) is 3.69. The minimum atomic E-state index is 0.728. The molecule has 1 N–H and O–H groups in total. The maximum Gasteiger partial charge on any atom is 0.0708 e. The molecule has 0 radical (unpaired) electrons. The number of hydrogen-bond acceptors (Lipinski definition) is 3. The van der Waals surface area contributed by atoms with Crippen LogP contribution < -0.4 is 5.32 Å². The molecule has 1 atom stereocenters. The molecule has 4 rings (SSSR count). The Morgan fingerprint density at radius 2 is 2.14 bits per heavy atom. The Kier molecular flexibility index (Phi) is 3.40. The van der Waals surface area contributed by atoms with Gasteiger partial charge in [-0.15, -0.1) is 0 Å². The first kappa shape index (κ1) is 13.2. The van der Waals surface area contributed by atoms with Crippen molar-refractivity contribution in [3.8, 4) is 0 Å². The summed E-state index contributed by atoms with van der Waals surface area (Å²) in [5.74, 6) is 0.923. The van der Waals surface area contributed by atoms with Crippen molar-refractivity contribution in [2.75, 3.05) is 19.6 Å². The second-order valence-electron chi connectivity index (χ2n) is 6.52. The fraction of sp³-hybridized carbons (Fsp3) is 0.500. The average Bonchev–Trinajstić information content (AvgIpc) is 3.32. The molecule has 3 nitrogen and oxygen atoms in total. The first-order chi connectivity index (χ1) is 10.3. The summed E-state index contributed by atoms with van der Waals surface area (Å²) in [6, 6.07) is 11.5. The number of nitrogens with zero attached hydrogens (tertiary/aromatic N) is 2. The lowest BCUT2D eigenvalue weighted by Gasteiger charge is -2.36. The number of piperazine rings is 1. The first-order valence-corrected chi connectivity index (χ1v) is 8.11. The number of aryl methyl sites for hydroxylation is 1. The minimum absolute atomic E-state index is 0.728. The van der Waals surface area contributed by atoms with E-state index in [1.165, 1.54) is 23.8 Å². The van der Waals surface area contributed by atoms with Gasteiger partial charge in [-0.1, -0.05) is 18.2 Å². The van der Waals surface area contributed by atoms with Crippen molar-refractivity contribution in [2.24, 2.45) is 5.92 Å². The van der Waals surface area contributed by atoms with Gasteiger partial charge in [0, 0.05) is 43.3 Å². The normalized spacial score (nSPS) is 23.6. The third-order valence-corrected chi connectivity index (χ3v) is 4.87. The largest absolute Gasteiger partial charge is 0.314 e. The highest BCUT2D eigenvalue weighted by Gasteiger charge is 2.36. The van der Waals surface area contributed by atoms with Crippen LogP contribution in [0.4, 0.5) is 0 Å². The van der Waals surface area contributed by atoms with Crippen LogP contribution in [0.5, 0.6) is 0 Å². The molecule has 2 aliphatic rings. The van der Waals surface area contributed by atoms with Crippen LogP contribution in [-0.4, -0.2) is 35.6 Å². The van der Waals surface area contributed by atoms with Gasteiger partial charge in [-0.25, -0.2) is 0 Å². The van der Waals surface area contributed by atoms with E-state index in [-0.39, 0.29) is 0 Å². The van der Waals surface area contributed by atoms with Crippen molar-refractivity contribution in [1.29, 1.82) is 0 Å². The molecular weight excluding hydrogens is 258 g/mol. The highest BCUT2D eigenvalue weighted by atomic mass is 15.2. The van der Waals surface area contributed by atoms with Crippen LogP contribution in [0.25, 0.3) is 10.9 Å². The third kappa shape index (κ3) is 2.68. The smallest absolute Gasteiger partial charge is 0.0708 e. The topological polar surface area (TPSA) is 28.2 Å². The summed E-state index contributed by atoms with van der Waals surface area (Å²) >= 11 is 0. The van der Waals surface area contributed by atoms with E-state index >= 15 is 0 Å². The van der Waals surface area contributed by atoms with E-state index in [1.807, 2.05) is 0 Å². The number of fused-ring (bicyclic) bond motifs is 1. The summed E-state index contributed by atoms with van der Waals surface area (Å²) in [6.45, 7) is 6.60. The van der Waals surface area contributed by atoms with Crippen LogP contribution in [0, 0.1) is 12.8 Å². The summed E-state index contributed by atoms with van der Waals surface area (Å²) in [6.07, 6.45) is 2.83. The molecule has 1 aliphatic carbocycles. The van der Waals surface area contributed by atoms with Crippen molar-refractivity contribution in [3.63, 3.8) is 0 Å². The Bertz CT molecular complexity index is 648. The predicted octanol–water partition coefficient (Wildman–Crippen LogP) is 2.73. The third-order valence-electron chi connectivity index (χ3n) is 4.87. The second kappa shape index (κ2) is 5.39. The SMILES string of the molecule is Cc1cc(CN2CCNCC2C2CC2)c2ccccc2n1. The van der Waals surface area contributed by atoms with Crippen molar-refractivity contribution < 1.29 is 0 Å². The zero-order chi connectivity index (χ0) is 14.2. The molecule has 21 heavy (non-hydrogen) atoms. The Labute approximate surface area is 126 Å². The van der Waals surface area contributed by atoms with Gasteiger partial charge in [0.05, 0.1) is 5.52 Å². The molecule has 0 spiro atoms. The fourth-order valence-electron chi connectivity index (χ4n) is 3.65. The minimum Gasteiger partial charge on any atom is -0.314 e. The lowest BCUT2D eigenvalue weighted by molar-refractivity contribution is 0.136. The maximum atomic E-state index is 4.67. The Morgan fingerprint density at radius 1 is 1.29 bits per heavy atom. The summed E-state index contributed by atoms with van der Waals surface area (Å²) in [7, 11) is 0. The Morgan fingerprint density at radius 3 is 3.00 bits per heavy atom. The lowest BCUT2D eigenvalue weighted by atomic mass is 10.0. The van der Waals surface area contributed by atoms with Gasteiger partial charge in [0.1, 0.15) is 0 Å². The molecule has 110 valence electrons. The molecule has 1 aliphatic heterocycles. The van der Waals surface area contributed by atoms with Crippen molar-refractivity contribution in [1.82, 2.24) is 15.2 Å². The fourth-order valence-corrected chi connectivity index (χ4v) is 3.65. The van der Waals surface area contributed by atoms with Crippen molar-refractivity contribution >= 4 is 10.9 Å². The van der Waals surface area contributed by atoms with Crippen molar-refractivity contribution in [2.45, 2.75) is 32.4 Å². The summed E-state index contributed by atoms with van der Waals surface area (Å²) in [4.78, 5) is 7.35. The predicted molar refractivity (Wildman–Crippen MR) is 86.3 cm³/mol. The van der Waals surface area contributed by atoms with Crippen LogP contribution in [-0.2, 0) is 6.54 Å². The second-order valence-corrected chi connectivity index (χ2v) is 6.52. The molecule has 2 heterocycles. The molecule has 0 amide bonds. The number of benzene rings is 1. The van der Waals surface area contributed by atoms with Gasteiger partial charge >= 0.3 is 0 Å². The molecule has 1 aromatic heterocycles. The molecule has 2 aromatic rings.